The van der Waals surface area contributed by atoms with E-state index in [2.05, 4.69) is 5.32 Å². The third kappa shape index (κ3) is 3.93. The van der Waals surface area contributed by atoms with Gasteiger partial charge in [-0.05, 0) is 26.7 Å². The standard InChI is InChI=1S/C14H27N3O2/c1-3-17(4-2)12(18)10-16-13(19)14(11-15)8-6-5-7-9-14/h3-11,15H2,1-2H3,(H,16,19). The van der Waals surface area contributed by atoms with Crippen LogP contribution in [0.2, 0.25) is 0 Å². The summed E-state index contributed by atoms with van der Waals surface area (Å²) in [4.78, 5) is 25.9. The molecule has 5 nitrogen and oxygen atoms in total. The Hall–Kier alpha value is -1.10. The lowest BCUT2D eigenvalue weighted by Crippen LogP contribution is -2.50. The van der Waals surface area contributed by atoms with Crippen LogP contribution in [0.1, 0.15) is 46.0 Å². The molecule has 0 spiro atoms. The van der Waals surface area contributed by atoms with Crippen LogP contribution in [0.5, 0.6) is 0 Å². The Balaban J connectivity index is 2.51. The summed E-state index contributed by atoms with van der Waals surface area (Å²) in [5.74, 6) is -0.0727. The van der Waals surface area contributed by atoms with Crippen molar-refractivity contribution < 1.29 is 9.59 Å². The lowest BCUT2D eigenvalue weighted by atomic mass is 9.73. The fourth-order valence-electron chi connectivity index (χ4n) is 2.78. The van der Waals surface area contributed by atoms with Gasteiger partial charge in [0.15, 0.2) is 0 Å². The Kier molecular flexibility index (Phi) is 6.28. The highest BCUT2D eigenvalue weighted by Crippen LogP contribution is 2.35. The van der Waals surface area contributed by atoms with Gasteiger partial charge in [-0.25, -0.2) is 0 Å². The highest BCUT2D eigenvalue weighted by molar-refractivity contribution is 5.88. The first-order valence-electron chi connectivity index (χ1n) is 7.35. The van der Waals surface area contributed by atoms with Crippen LogP contribution >= 0.6 is 0 Å². The largest absolute Gasteiger partial charge is 0.347 e. The van der Waals surface area contributed by atoms with E-state index in [4.69, 9.17) is 5.73 Å². The molecule has 1 saturated carbocycles. The summed E-state index contributed by atoms with van der Waals surface area (Å²) in [5.41, 5.74) is 5.36. The number of hydrogen-bond donors (Lipinski definition) is 2. The maximum absolute atomic E-state index is 12.3. The molecule has 110 valence electrons. The molecule has 0 aliphatic heterocycles. The predicted octanol–water partition coefficient (Wildman–Crippen LogP) is 0.880. The number of carbonyl (C=O) groups excluding carboxylic acids is 2. The first kappa shape index (κ1) is 16.0. The highest BCUT2D eigenvalue weighted by atomic mass is 16.2. The molecule has 0 aromatic rings. The van der Waals surface area contributed by atoms with Crippen molar-refractivity contribution in [1.29, 1.82) is 0 Å². The summed E-state index contributed by atoms with van der Waals surface area (Å²) < 4.78 is 0. The zero-order valence-electron chi connectivity index (χ0n) is 12.2. The summed E-state index contributed by atoms with van der Waals surface area (Å²) in [6.45, 7) is 5.68. The molecule has 1 rings (SSSR count). The van der Waals surface area contributed by atoms with Gasteiger partial charge in [-0.2, -0.15) is 0 Å². The molecule has 0 saturated heterocycles. The van der Waals surface area contributed by atoms with Crippen molar-refractivity contribution in [2.45, 2.75) is 46.0 Å². The molecule has 1 aliphatic carbocycles. The van der Waals surface area contributed by atoms with Gasteiger partial charge >= 0.3 is 0 Å². The van der Waals surface area contributed by atoms with Crippen molar-refractivity contribution in [3.8, 4) is 0 Å². The van der Waals surface area contributed by atoms with Crippen LogP contribution in [-0.2, 0) is 9.59 Å². The predicted molar refractivity (Wildman–Crippen MR) is 75.5 cm³/mol. The van der Waals surface area contributed by atoms with Crippen LogP contribution < -0.4 is 11.1 Å². The van der Waals surface area contributed by atoms with E-state index < -0.39 is 5.41 Å². The SMILES string of the molecule is CCN(CC)C(=O)CNC(=O)C1(CN)CCCCC1. The maximum atomic E-state index is 12.3. The molecule has 1 fully saturated rings. The molecule has 5 heteroatoms. The van der Waals surface area contributed by atoms with Crippen LogP contribution in [0.4, 0.5) is 0 Å². The average molecular weight is 269 g/mol. The second kappa shape index (κ2) is 7.48. The van der Waals surface area contributed by atoms with Crippen molar-refractivity contribution in [1.82, 2.24) is 10.2 Å². The molecule has 2 amide bonds. The van der Waals surface area contributed by atoms with Gasteiger partial charge in [-0.1, -0.05) is 19.3 Å². The van der Waals surface area contributed by atoms with Crippen molar-refractivity contribution in [3.05, 3.63) is 0 Å². The normalized spacial score (nSPS) is 17.8. The molecule has 0 heterocycles. The summed E-state index contributed by atoms with van der Waals surface area (Å²) >= 11 is 0. The Bertz CT molecular complexity index is 308. The maximum Gasteiger partial charge on any atom is 0.241 e. The molecule has 1 aliphatic rings. The molecule has 3 N–H and O–H groups in total. The number of nitrogens with two attached hydrogens (primary N) is 1. The van der Waals surface area contributed by atoms with Crippen LogP contribution in [0.25, 0.3) is 0 Å². The molecular weight excluding hydrogens is 242 g/mol. The quantitative estimate of drug-likeness (QED) is 0.751. The first-order chi connectivity index (χ1) is 9.09. The third-order valence-electron chi connectivity index (χ3n) is 4.20. The lowest BCUT2D eigenvalue weighted by molar-refractivity contribution is -0.137. The van der Waals surface area contributed by atoms with Gasteiger partial charge in [-0.3, -0.25) is 9.59 Å². The van der Waals surface area contributed by atoms with E-state index in [1.807, 2.05) is 13.8 Å². The minimum Gasteiger partial charge on any atom is -0.347 e. The number of likely N-dealkylation sites (N-methyl/N-ethyl adjacent to an activating group) is 1. The minimum atomic E-state index is -0.443. The summed E-state index contributed by atoms with van der Waals surface area (Å²) in [7, 11) is 0. The number of carbonyl (C=O) groups is 2. The monoisotopic (exact) mass is 269 g/mol. The number of nitrogens with one attached hydrogen (secondary N) is 1. The van der Waals surface area contributed by atoms with Crippen LogP contribution in [-0.4, -0.2) is 42.9 Å². The third-order valence-corrected chi connectivity index (χ3v) is 4.20. The number of hydrogen-bond acceptors (Lipinski definition) is 3. The Morgan fingerprint density at radius 3 is 2.21 bits per heavy atom. The van der Waals surface area contributed by atoms with Crippen LogP contribution in [0, 0.1) is 5.41 Å². The van der Waals surface area contributed by atoms with Gasteiger partial charge in [0.05, 0.1) is 12.0 Å². The molecule has 0 radical (unpaired) electrons. The summed E-state index contributed by atoms with van der Waals surface area (Å²) in [6.07, 6.45) is 4.96. The van der Waals surface area contributed by atoms with E-state index in [0.717, 1.165) is 25.7 Å². The second-order valence-electron chi connectivity index (χ2n) is 5.29. The molecule has 0 aromatic carbocycles. The minimum absolute atomic E-state index is 0.0265. The second-order valence-corrected chi connectivity index (χ2v) is 5.29. The van der Waals surface area contributed by atoms with E-state index >= 15 is 0 Å². The van der Waals surface area contributed by atoms with E-state index in [1.54, 1.807) is 4.90 Å². The van der Waals surface area contributed by atoms with E-state index in [0.29, 0.717) is 19.6 Å². The smallest absolute Gasteiger partial charge is 0.241 e. The number of amides is 2. The van der Waals surface area contributed by atoms with Crippen LogP contribution in [0.15, 0.2) is 0 Å². The van der Waals surface area contributed by atoms with Gasteiger partial charge < -0.3 is 16.0 Å². The van der Waals surface area contributed by atoms with E-state index in [1.165, 1.54) is 6.42 Å². The molecule has 0 bridgehead atoms. The van der Waals surface area contributed by atoms with Gasteiger partial charge in [-0.15, -0.1) is 0 Å². The van der Waals surface area contributed by atoms with Gasteiger partial charge in [0.1, 0.15) is 0 Å². The first-order valence-corrected chi connectivity index (χ1v) is 7.35. The van der Waals surface area contributed by atoms with Crippen LogP contribution in [0.3, 0.4) is 0 Å². The zero-order valence-corrected chi connectivity index (χ0v) is 12.2. The average Bonchev–Trinajstić information content (AvgIpc) is 2.46. The molecule has 19 heavy (non-hydrogen) atoms. The fourth-order valence-corrected chi connectivity index (χ4v) is 2.78. The lowest BCUT2D eigenvalue weighted by Gasteiger charge is -2.34. The number of rotatable bonds is 6. The Labute approximate surface area is 115 Å². The molecule has 0 unspecified atom stereocenters. The van der Waals surface area contributed by atoms with Gasteiger partial charge in [0.25, 0.3) is 0 Å². The van der Waals surface area contributed by atoms with E-state index in [-0.39, 0.29) is 18.4 Å². The molecular formula is C14H27N3O2. The fraction of sp³-hybridized carbons (Fsp3) is 0.857. The van der Waals surface area contributed by atoms with Crippen molar-refractivity contribution in [2.75, 3.05) is 26.2 Å². The summed E-state index contributed by atoms with van der Waals surface area (Å²) in [5, 5.41) is 2.78. The van der Waals surface area contributed by atoms with E-state index in [9.17, 15) is 9.59 Å². The van der Waals surface area contributed by atoms with Crippen molar-refractivity contribution in [3.63, 3.8) is 0 Å². The topological polar surface area (TPSA) is 75.4 Å². The molecule has 0 aromatic heterocycles. The van der Waals surface area contributed by atoms with Gasteiger partial charge in [0, 0.05) is 19.6 Å². The Morgan fingerprint density at radius 2 is 1.74 bits per heavy atom. The van der Waals surface area contributed by atoms with Crippen molar-refractivity contribution >= 4 is 11.8 Å². The van der Waals surface area contributed by atoms with Gasteiger partial charge in [0.2, 0.25) is 11.8 Å². The summed E-state index contributed by atoms with van der Waals surface area (Å²) in [6, 6.07) is 0. The Morgan fingerprint density at radius 1 is 1.16 bits per heavy atom. The molecule has 0 atom stereocenters. The van der Waals surface area contributed by atoms with Crippen molar-refractivity contribution in [2.24, 2.45) is 11.1 Å². The highest BCUT2D eigenvalue weighted by Gasteiger charge is 2.38. The number of nitrogens with zero attached hydrogens (tertiary/aromatic N) is 1. The zero-order chi connectivity index (χ0) is 14.3.